The summed E-state index contributed by atoms with van der Waals surface area (Å²) in [5, 5.41) is 2.79. The zero-order chi connectivity index (χ0) is 24.5. The first-order valence-corrected chi connectivity index (χ1v) is 12.3. The molecule has 0 unspecified atom stereocenters. The molecule has 0 bridgehead atoms. The number of hydrogen-bond donors (Lipinski definition) is 2. The first-order valence-electron chi connectivity index (χ1n) is 10.9. The molecule has 2 aromatic carbocycles. The SMILES string of the molecule is COc1ccc(S(=O)(=O)N2Cc3ccccc3C[C@@H]2C(=O)NCc2c(C)cc(C)[nH]c2=O)cc1. The molecule has 2 heterocycles. The van der Waals surface area contributed by atoms with Gasteiger partial charge in [0.2, 0.25) is 15.9 Å². The van der Waals surface area contributed by atoms with Gasteiger partial charge in [0.05, 0.1) is 12.0 Å². The van der Waals surface area contributed by atoms with E-state index in [1.807, 2.05) is 30.3 Å². The van der Waals surface area contributed by atoms with E-state index in [0.29, 0.717) is 11.3 Å². The molecule has 9 heteroatoms. The maximum absolute atomic E-state index is 13.6. The molecule has 1 atom stereocenters. The molecule has 2 N–H and O–H groups in total. The van der Waals surface area contributed by atoms with E-state index in [9.17, 15) is 18.0 Å². The summed E-state index contributed by atoms with van der Waals surface area (Å²) in [7, 11) is -2.47. The van der Waals surface area contributed by atoms with Crippen LogP contribution in [0.25, 0.3) is 0 Å². The number of carbonyl (C=O) groups is 1. The Balaban J connectivity index is 1.65. The number of aryl methyl sites for hydroxylation is 2. The fraction of sp³-hybridized carbons (Fsp3) is 0.280. The summed E-state index contributed by atoms with van der Waals surface area (Å²) in [6, 6.07) is 14.5. The topological polar surface area (TPSA) is 109 Å². The van der Waals surface area contributed by atoms with Gasteiger partial charge in [-0.2, -0.15) is 4.31 Å². The van der Waals surface area contributed by atoms with Crippen molar-refractivity contribution in [3.05, 3.63) is 92.9 Å². The molecule has 0 radical (unpaired) electrons. The third kappa shape index (κ3) is 4.62. The van der Waals surface area contributed by atoms with Gasteiger partial charge >= 0.3 is 0 Å². The molecule has 8 nitrogen and oxygen atoms in total. The van der Waals surface area contributed by atoms with E-state index >= 15 is 0 Å². The summed E-state index contributed by atoms with van der Waals surface area (Å²) in [6.07, 6.45) is 0.237. The Bertz CT molecular complexity index is 1380. The normalized spacial score (nSPS) is 16.0. The van der Waals surface area contributed by atoms with Gasteiger partial charge in [0.25, 0.3) is 5.56 Å². The maximum Gasteiger partial charge on any atom is 0.253 e. The number of aromatic nitrogens is 1. The fourth-order valence-electron chi connectivity index (χ4n) is 4.25. The molecule has 0 saturated heterocycles. The Hall–Kier alpha value is -3.43. The van der Waals surface area contributed by atoms with Crippen LogP contribution < -0.4 is 15.6 Å². The van der Waals surface area contributed by atoms with Crippen LogP contribution in [0.5, 0.6) is 5.75 Å². The maximum atomic E-state index is 13.6. The average Bonchev–Trinajstić information content (AvgIpc) is 2.82. The summed E-state index contributed by atoms with van der Waals surface area (Å²) in [5.41, 5.74) is 3.45. The average molecular weight is 482 g/mol. The third-order valence-electron chi connectivity index (χ3n) is 6.11. The van der Waals surface area contributed by atoms with Gasteiger partial charge in [0.15, 0.2) is 0 Å². The molecule has 1 aliphatic heterocycles. The zero-order valence-electron chi connectivity index (χ0n) is 19.3. The first kappa shape index (κ1) is 23.7. The fourth-order valence-corrected chi connectivity index (χ4v) is 5.82. The first-order chi connectivity index (χ1) is 16.2. The number of nitrogens with zero attached hydrogens (tertiary/aromatic N) is 1. The molecule has 0 saturated carbocycles. The number of ether oxygens (including phenoxy) is 1. The second-order valence-electron chi connectivity index (χ2n) is 8.38. The quantitative estimate of drug-likeness (QED) is 0.562. The van der Waals surface area contributed by atoms with Crippen molar-refractivity contribution in [1.29, 1.82) is 0 Å². The van der Waals surface area contributed by atoms with Crippen molar-refractivity contribution >= 4 is 15.9 Å². The van der Waals surface area contributed by atoms with Crippen molar-refractivity contribution in [1.82, 2.24) is 14.6 Å². The van der Waals surface area contributed by atoms with Gasteiger partial charge in [-0.25, -0.2) is 8.42 Å². The van der Waals surface area contributed by atoms with Crippen molar-refractivity contribution in [3.63, 3.8) is 0 Å². The molecule has 0 aliphatic carbocycles. The number of methoxy groups -OCH3 is 1. The smallest absolute Gasteiger partial charge is 0.253 e. The Morgan fingerprint density at radius 2 is 1.79 bits per heavy atom. The molecular weight excluding hydrogens is 454 g/mol. The summed E-state index contributed by atoms with van der Waals surface area (Å²) >= 11 is 0. The van der Waals surface area contributed by atoms with Crippen molar-refractivity contribution in [2.75, 3.05) is 7.11 Å². The molecule has 34 heavy (non-hydrogen) atoms. The van der Waals surface area contributed by atoms with Crippen LogP contribution in [0, 0.1) is 13.8 Å². The minimum Gasteiger partial charge on any atom is -0.497 e. The number of hydrogen-bond acceptors (Lipinski definition) is 5. The van der Waals surface area contributed by atoms with Crippen LogP contribution in [-0.4, -0.2) is 36.8 Å². The Morgan fingerprint density at radius 3 is 2.44 bits per heavy atom. The van der Waals surface area contributed by atoms with Gasteiger partial charge in [-0.05, 0) is 67.3 Å². The molecule has 0 spiro atoms. The second kappa shape index (κ2) is 9.44. The van der Waals surface area contributed by atoms with Crippen LogP contribution >= 0.6 is 0 Å². The van der Waals surface area contributed by atoms with E-state index in [4.69, 9.17) is 4.74 Å². The van der Waals surface area contributed by atoms with E-state index in [-0.39, 0.29) is 30.0 Å². The number of amides is 1. The lowest BCUT2D eigenvalue weighted by atomic mass is 9.95. The molecular formula is C25H27N3O5S. The van der Waals surface area contributed by atoms with Gasteiger partial charge in [-0.3, -0.25) is 9.59 Å². The Labute approximate surface area is 198 Å². The lowest BCUT2D eigenvalue weighted by Crippen LogP contribution is -2.52. The molecule has 178 valence electrons. The number of aromatic amines is 1. The van der Waals surface area contributed by atoms with Crippen LogP contribution in [0.1, 0.15) is 27.9 Å². The number of pyridine rings is 1. The lowest BCUT2D eigenvalue weighted by molar-refractivity contribution is -0.125. The molecule has 3 aromatic rings. The largest absolute Gasteiger partial charge is 0.497 e. The van der Waals surface area contributed by atoms with E-state index < -0.39 is 22.0 Å². The Morgan fingerprint density at radius 1 is 1.12 bits per heavy atom. The molecule has 1 aromatic heterocycles. The summed E-state index contributed by atoms with van der Waals surface area (Å²) < 4.78 is 33.5. The molecule has 1 amide bonds. The number of carbonyl (C=O) groups excluding carboxylic acids is 1. The highest BCUT2D eigenvalue weighted by Crippen LogP contribution is 2.30. The van der Waals surface area contributed by atoms with Crippen LogP contribution in [0.15, 0.2) is 64.3 Å². The lowest BCUT2D eigenvalue weighted by Gasteiger charge is -2.35. The van der Waals surface area contributed by atoms with E-state index in [2.05, 4.69) is 10.3 Å². The number of benzene rings is 2. The second-order valence-corrected chi connectivity index (χ2v) is 10.3. The molecule has 1 aliphatic rings. The summed E-state index contributed by atoms with van der Waals surface area (Å²) in [6.45, 7) is 3.68. The van der Waals surface area contributed by atoms with Gasteiger partial charge in [0.1, 0.15) is 11.8 Å². The molecule has 0 fully saturated rings. The number of sulfonamides is 1. The minimum atomic E-state index is -3.98. The van der Waals surface area contributed by atoms with Gasteiger partial charge in [0, 0.05) is 24.3 Å². The van der Waals surface area contributed by atoms with Gasteiger partial charge in [-0.1, -0.05) is 24.3 Å². The van der Waals surface area contributed by atoms with Crippen molar-refractivity contribution in [2.45, 2.75) is 44.3 Å². The number of fused-ring (bicyclic) bond motifs is 1. The van der Waals surface area contributed by atoms with Gasteiger partial charge < -0.3 is 15.0 Å². The minimum absolute atomic E-state index is 0.00878. The predicted octanol–water partition coefficient (Wildman–Crippen LogP) is 2.43. The highest BCUT2D eigenvalue weighted by atomic mass is 32.2. The van der Waals surface area contributed by atoms with E-state index in [1.165, 1.54) is 23.5 Å². The van der Waals surface area contributed by atoms with Crippen LogP contribution in [-0.2, 0) is 34.3 Å². The van der Waals surface area contributed by atoms with E-state index in [1.54, 1.807) is 26.0 Å². The van der Waals surface area contributed by atoms with Crippen molar-refractivity contribution in [2.24, 2.45) is 0 Å². The summed E-state index contributed by atoms with van der Waals surface area (Å²) in [5.74, 6) is 0.0851. The third-order valence-corrected chi connectivity index (χ3v) is 7.98. The zero-order valence-corrected chi connectivity index (χ0v) is 20.1. The highest BCUT2D eigenvalue weighted by molar-refractivity contribution is 7.89. The highest BCUT2D eigenvalue weighted by Gasteiger charge is 2.39. The monoisotopic (exact) mass is 481 g/mol. The van der Waals surface area contributed by atoms with Crippen molar-refractivity contribution in [3.8, 4) is 5.75 Å². The van der Waals surface area contributed by atoms with Crippen molar-refractivity contribution < 1.29 is 17.9 Å². The number of nitrogens with one attached hydrogen (secondary N) is 2. The predicted molar refractivity (Wildman–Crippen MR) is 128 cm³/mol. The Kier molecular flexibility index (Phi) is 6.58. The van der Waals surface area contributed by atoms with Crippen LogP contribution in [0.4, 0.5) is 0 Å². The number of H-pyrrole nitrogens is 1. The standard InChI is InChI=1S/C25H27N3O5S/c1-16-12-17(2)27-24(29)22(16)14-26-25(30)23-13-18-6-4-5-7-19(18)15-28(23)34(31,32)21-10-8-20(33-3)9-11-21/h4-12,23H,13-15H2,1-3H3,(H,26,30)(H,27,29)/t23-/m1/s1. The number of rotatable bonds is 6. The van der Waals surface area contributed by atoms with Crippen LogP contribution in [0.2, 0.25) is 0 Å². The van der Waals surface area contributed by atoms with Crippen LogP contribution in [0.3, 0.4) is 0 Å². The molecule has 4 rings (SSSR count). The van der Waals surface area contributed by atoms with E-state index in [0.717, 1.165) is 22.4 Å². The summed E-state index contributed by atoms with van der Waals surface area (Å²) in [4.78, 5) is 28.5. The van der Waals surface area contributed by atoms with Gasteiger partial charge in [-0.15, -0.1) is 0 Å².